The summed E-state index contributed by atoms with van der Waals surface area (Å²) in [7, 11) is 0. The van der Waals surface area contributed by atoms with Crippen molar-refractivity contribution in [2.75, 3.05) is 11.5 Å². The normalized spacial score (nSPS) is 19.9. The molecule has 0 spiro atoms. The lowest BCUT2D eigenvalue weighted by Gasteiger charge is -2.19. The number of rotatable bonds is 3. The van der Waals surface area contributed by atoms with E-state index in [2.05, 4.69) is 0 Å². The average molecular weight is 302 g/mol. The van der Waals surface area contributed by atoms with Gasteiger partial charge in [-0.05, 0) is 12.1 Å². The fourth-order valence-electron chi connectivity index (χ4n) is 2.08. The molecule has 0 aromatic heterocycles. The molecule has 0 saturated carbocycles. The number of Topliss-reactive ketones (excluding diaryl/α,β-unsaturated/α-hetero) is 2. The molecular weight excluding hydrogens is 289 g/mol. The van der Waals surface area contributed by atoms with Crippen LogP contribution < -0.4 is 0 Å². The van der Waals surface area contributed by atoms with Crippen LogP contribution in [0.5, 0.6) is 0 Å². The third-order valence-corrected chi connectivity index (χ3v) is 4.34. The molecule has 1 saturated heterocycles. The van der Waals surface area contributed by atoms with Gasteiger partial charge in [-0.1, -0.05) is 12.1 Å². The lowest BCUT2D eigenvalue weighted by Crippen LogP contribution is -2.25. The van der Waals surface area contributed by atoms with E-state index in [1.165, 1.54) is 12.1 Å². The molecule has 0 amide bonds. The first-order valence-corrected chi connectivity index (χ1v) is 7.34. The van der Waals surface area contributed by atoms with E-state index in [0.717, 1.165) is 17.9 Å². The summed E-state index contributed by atoms with van der Waals surface area (Å²) in [6.07, 6.45) is -4.04. The Kier molecular flexibility index (Phi) is 4.52. The van der Waals surface area contributed by atoms with E-state index in [-0.39, 0.29) is 23.7 Å². The van der Waals surface area contributed by atoms with E-state index in [9.17, 15) is 22.8 Å². The molecule has 1 heterocycles. The van der Waals surface area contributed by atoms with Gasteiger partial charge in [-0.15, -0.1) is 0 Å². The molecule has 1 unspecified atom stereocenters. The fourth-order valence-corrected chi connectivity index (χ4v) is 3.18. The van der Waals surface area contributed by atoms with Gasteiger partial charge in [-0.25, -0.2) is 0 Å². The average Bonchev–Trinajstić information content (AvgIpc) is 2.40. The minimum Gasteiger partial charge on any atom is -0.299 e. The van der Waals surface area contributed by atoms with Gasteiger partial charge in [0.15, 0.2) is 5.78 Å². The molecule has 1 aromatic rings. The maximum atomic E-state index is 12.6. The molecule has 1 aliphatic heterocycles. The highest BCUT2D eigenvalue weighted by Gasteiger charge is 2.31. The van der Waals surface area contributed by atoms with E-state index in [0.29, 0.717) is 12.2 Å². The molecule has 2 nitrogen and oxygen atoms in total. The third kappa shape index (κ3) is 3.62. The topological polar surface area (TPSA) is 34.1 Å². The van der Waals surface area contributed by atoms with Crippen molar-refractivity contribution in [3.05, 3.63) is 35.4 Å². The number of carbonyl (C=O) groups is 2. The van der Waals surface area contributed by atoms with Crippen LogP contribution in [-0.4, -0.2) is 23.1 Å². The van der Waals surface area contributed by atoms with Crippen LogP contribution in [0.25, 0.3) is 0 Å². The van der Waals surface area contributed by atoms with Crippen molar-refractivity contribution in [3.8, 4) is 0 Å². The fraction of sp³-hybridized carbons (Fsp3) is 0.429. The van der Waals surface area contributed by atoms with Crippen LogP contribution in [0.1, 0.15) is 28.8 Å². The smallest absolute Gasteiger partial charge is 0.299 e. The Morgan fingerprint density at radius 2 is 2.10 bits per heavy atom. The van der Waals surface area contributed by atoms with Gasteiger partial charge in [0.2, 0.25) is 0 Å². The molecule has 0 bridgehead atoms. The number of benzene rings is 1. The van der Waals surface area contributed by atoms with Crippen molar-refractivity contribution in [3.63, 3.8) is 0 Å². The maximum Gasteiger partial charge on any atom is 0.416 e. The monoisotopic (exact) mass is 302 g/mol. The summed E-state index contributed by atoms with van der Waals surface area (Å²) in [4.78, 5) is 23.7. The van der Waals surface area contributed by atoms with Crippen molar-refractivity contribution < 1.29 is 22.8 Å². The Morgan fingerprint density at radius 1 is 1.35 bits per heavy atom. The number of carbonyl (C=O) groups excluding carboxylic acids is 2. The van der Waals surface area contributed by atoms with E-state index >= 15 is 0 Å². The number of halogens is 3. The van der Waals surface area contributed by atoms with E-state index in [1.807, 2.05) is 0 Å². The van der Waals surface area contributed by atoms with Crippen molar-refractivity contribution >= 4 is 23.3 Å². The van der Waals surface area contributed by atoms with Crippen molar-refractivity contribution in [1.82, 2.24) is 0 Å². The molecule has 1 aliphatic rings. The molecule has 1 atom stereocenters. The summed E-state index contributed by atoms with van der Waals surface area (Å²) in [5, 5.41) is 0. The van der Waals surface area contributed by atoms with Crippen LogP contribution in [-0.2, 0) is 11.0 Å². The zero-order valence-electron chi connectivity index (χ0n) is 10.6. The Labute approximate surface area is 118 Å². The highest BCUT2D eigenvalue weighted by Crippen LogP contribution is 2.30. The van der Waals surface area contributed by atoms with Crippen LogP contribution in [0.15, 0.2) is 24.3 Å². The maximum absolute atomic E-state index is 12.6. The largest absolute Gasteiger partial charge is 0.416 e. The summed E-state index contributed by atoms with van der Waals surface area (Å²) in [6, 6.07) is 4.35. The molecule has 0 aliphatic carbocycles. The molecule has 0 N–H and O–H groups in total. The van der Waals surface area contributed by atoms with Crippen LogP contribution >= 0.6 is 11.8 Å². The summed E-state index contributed by atoms with van der Waals surface area (Å²) in [5.41, 5.74) is -0.823. The molecular formula is C14H13F3O2S. The first kappa shape index (κ1) is 15.1. The van der Waals surface area contributed by atoms with Crippen LogP contribution in [0.3, 0.4) is 0 Å². The number of alkyl halides is 3. The summed E-state index contributed by atoms with van der Waals surface area (Å²) in [6.45, 7) is 0. The number of ketones is 2. The molecule has 0 radical (unpaired) electrons. The Morgan fingerprint density at radius 3 is 2.75 bits per heavy atom. The number of hydrogen-bond donors (Lipinski definition) is 0. The van der Waals surface area contributed by atoms with Crippen molar-refractivity contribution in [2.45, 2.75) is 19.0 Å². The zero-order chi connectivity index (χ0) is 14.8. The number of thioether (sulfide) groups is 1. The van der Waals surface area contributed by atoms with Gasteiger partial charge in [0.05, 0.1) is 5.56 Å². The molecule has 108 valence electrons. The van der Waals surface area contributed by atoms with Crippen LogP contribution in [0.2, 0.25) is 0 Å². The van der Waals surface area contributed by atoms with Crippen molar-refractivity contribution in [1.29, 1.82) is 0 Å². The molecule has 2 rings (SSSR count). The van der Waals surface area contributed by atoms with Crippen LogP contribution in [0, 0.1) is 5.92 Å². The van der Waals surface area contributed by atoms with Crippen LogP contribution in [0.4, 0.5) is 13.2 Å². The number of hydrogen-bond acceptors (Lipinski definition) is 3. The summed E-state index contributed by atoms with van der Waals surface area (Å²) >= 11 is 1.60. The first-order valence-electron chi connectivity index (χ1n) is 6.19. The predicted octanol–water partition coefficient (Wildman–Crippen LogP) is 3.60. The molecule has 6 heteroatoms. The van der Waals surface area contributed by atoms with Gasteiger partial charge in [-0.2, -0.15) is 24.9 Å². The lowest BCUT2D eigenvalue weighted by molar-refractivity contribution is -0.137. The second-order valence-corrected chi connectivity index (χ2v) is 5.84. The highest BCUT2D eigenvalue weighted by molar-refractivity contribution is 7.99. The van der Waals surface area contributed by atoms with E-state index < -0.39 is 17.5 Å². The minimum atomic E-state index is -4.47. The van der Waals surface area contributed by atoms with Crippen molar-refractivity contribution in [2.24, 2.45) is 5.92 Å². The minimum absolute atomic E-state index is 0.00680. The predicted molar refractivity (Wildman–Crippen MR) is 70.8 cm³/mol. The quantitative estimate of drug-likeness (QED) is 0.800. The second kappa shape index (κ2) is 5.99. The highest BCUT2D eigenvalue weighted by atomic mass is 32.2. The summed E-state index contributed by atoms with van der Waals surface area (Å²) < 4.78 is 37.7. The van der Waals surface area contributed by atoms with Gasteiger partial charge in [0, 0.05) is 35.8 Å². The van der Waals surface area contributed by atoms with Gasteiger partial charge in [0.1, 0.15) is 5.78 Å². The van der Waals surface area contributed by atoms with Gasteiger partial charge < -0.3 is 0 Å². The van der Waals surface area contributed by atoms with Gasteiger partial charge in [-0.3, -0.25) is 9.59 Å². The SMILES string of the molecule is O=C(CC1CSCCC1=O)c1cccc(C(F)(F)F)c1. The van der Waals surface area contributed by atoms with E-state index in [1.54, 1.807) is 11.8 Å². The van der Waals surface area contributed by atoms with E-state index in [4.69, 9.17) is 0 Å². The Bertz CT molecular complexity index is 525. The third-order valence-electron chi connectivity index (χ3n) is 3.21. The molecule has 1 aromatic carbocycles. The summed E-state index contributed by atoms with van der Waals surface area (Å²) in [5.74, 6) is 0.591. The standard InChI is InChI=1S/C14H13F3O2S/c15-14(16,17)11-3-1-2-9(6-11)13(19)7-10-8-20-5-4-12(10)18/h1-3,6,10H,4-5,7-8H2. The van der Waals surface area contributed by atoms with Gasteiger partial charge in [0.25, 0.3) is 0 Å². The lowest BCUT2D eigenvalue weighted by atomic mass is 9.94. The second-order valence-electron chi connectivity index (χ2n) is 4.69. The molecule has 1 fully saturated rings. The molecule has 20 heavy (non-hydrogen) atoms. The Balaban J connectivity index is 2.11. The van der Waals surface area contributed by atoms with Gasteiger partial charge >= 0.3 is 6.18 Å². The first-order chi connectivity index (χ1) is 9.38. The Hall–Kier alpha value is -1.30. The zero-order valence-corrected chi connectivity index (χ0v) is 11.4.